The minimum absolute atomic E-state index is 0.151. The number of hydrogen-bond donors (Lipinski definition) is 0. The highest BCUT2D eigenvalue weighted by atomic mass is 79.9. The Labute approximate surface area is 138 Å². The summed E-state index contributed by atoms with van der Waals surface area (Å²) in [4.78, 5) is 3.06. The quantitative estimate of drug-likeness (QED) is 0.698. The molecule has 0 aliphatic heterocycles. The number of methoxy groups -OCH3 is 2. The second-order valence-electron chi connectivity index (χ2n) is 5.27. The van der Waals surface area contributed by atoms with Crippen LogP contribution in [-0.2, 0) is 12.8 Å². The summed E-state index contributed by atoms with van der Waals surface area (Å²) >= 11 is 5.78. The monoisotopic (exact) mass is 366 g/mol. The van der Waals surface area contributed by atoms with Gasteiger partial charge in [-0.1, -0.05) is 15.9 Å². The summed E-state index contributed by atoms with van der Waals surface area (Å²) in [7, 11) is 3.41. The number of halogens is 1. The van der Waals surface area contributed by atoms with Crippen molar-refractivity contribution in [3.05, 3.63) is 45.1 Å². The molecule has 0 fully saturated rings. The molecule has 0 bridgehead atoms. The van der Waals surface area contributed by atoms with Crippen molar-refractivity contribution >= 4 is 27.3 Å². The molecular weight excluding hydrogens is 348 g/mol. The van der Waals surface area contributed by atoms with Crippen LogP contribution in [0.2, 0.25) is 0 Å². The molecule has 4 heteroatoms. The Balaban J connectivity index is 1.97. The Kier molecular flexibility index (Phi) is 4.55. The zero-order valence-electron chi connectivity index (χ0n) is 12.3. The highest BCUT2D eigenvalue weighted by Crippen LogP contribution is 2.43. The molecule has 1 aromatic heterocycles. The minimum atomic E-state index is 0.151. The van der Waals surface area contributed by atoms with E-state index in [0.717, 1.165) is 17.1 Å². The van der Waals surface area contributed by atoms with Crippen molar-refractivity contribution in [3.8, 4) is 11.5 Å². The molecule has 0 saturated carbocycles. The molecule has 1 aromatic carbocycles. The number of rotatable bonds is 4. The van der Waals surface area contributed by atoms with Crippen LogP contribution in [0.15, 0.2) is 24.3 Å². The largest absolute Gasteiger partial charge is 0.497 e. The van der Waals surface area contributed by atoms with Gasteiger partial charge in [-0.25, -0.2) is 0 Å². The lowest BCUT2D eigenvalue weighted by Crippen LogP contribution is -1.97. The first-order valence-corrected chi connectivity index (χ1v) is 8.93. The molecule has 0 spiro atoms. The number of ether oxygens (including phenoxy) is 2. The number of alkyl halides is 1. The summed E-state index contributed by atoms with van der Waals surface area (Å²) in [5.74, 6) is 1.75. The van der Waals surface area contributed by atoms with Crippen molar-refractivity contribution in [1.29, 1.82) is 0 Å². The first-order chi connectivity index (χ1) is 10.2. The molecule has 1 atom stereocenters. The fourth-order valence-corrected chi connectivity index (χ4v) is 4.85. The number of benzene rings is 1. The number of aryl methyl sites for hydroxylation is 2. The van der Waals surface area contributed by atoms with Crippen LogP contribution in [-0.4, -0.2) is 14.2 Å². The Morgan fingerprint density at radius 1 is 1.10 bits per heavy atom. The molecular formula is C17H19BrO2S. The molecule has 1 heterocycles. The van der Waals surface area contributed by atoms with E-state index in [2.05, 4.69) is 28.1 Å². The third-order valence-electron chi connectivity index (χ3n) is 3.98. The molecule has 0 amide bonds. The van der Waals surface area contributed by atoms with Gasteiger partial charge < -0.3 is 9.47 Å². The van der Waals surface area contributed by atoms with Crippen LogP contribution >= 0.6 is 27.3 Å². The first kappa shape index (κ1) is 14.9. The summed E-state index contributed by atoms with van der Waals surface area (Å²) < 4.78 is 10.9. The molecule has 1 unspecified atom stereocenters. The van der Waals surface area contributed by atoms with Gasteiger partial charge in [-0.05, 0) is 55.5 Å². The normalized spacial score (nSPS) is 15.4. The van der Waals surface area contributed by atoms with E-state index >= 15 is 0 Å². The van der Waals surface area contributed by atoms with Gasteiger partial charge in [-0.15, -0.1) is 11.3 Å². The fourth-order valence-electron chi connectivity index (χ4n) is 2.83. The third kappa shape index (κ3) is 2.97. The van der Waals surface area contributed by atoms with Crippen LogP contribution in [0.5, 0.6) is 11.5 Å². The van der Waals surface area contributed by atoms with E-state index in [1.54, 1.807) is 19.1 Å². The number of hydrogen-bond acceptors (Lipinski definition) is 3. The summed E-state index contributed by atoms with van der Waals surface area (Å²) in [5, 5.41) is 0. The van der Waals surface area contributed by atoms with E-state index in [1.807, 2.05) is 23.5 Å². The molecule has 3 rings (SSSR count). The summed E-state index contributed by atoms with van der Waals surface area (Å²) in [6.07, 6.45) is 5.09. The van der Waals surface area contributed by atoms with Crippen molar-refractivity contribution in [2.75, 3.05) is 14.2 Å². The third-order valence-corrected chi connectivity index (χ3v) is 6.57. The van der Waals surface area contributed by atoms with Crippen LogP contribution in [0.4, 0.5) is 0 Å². The van der Waals surface area contributed by atoms with Gasteiger partial charge in [0, 0.05) is 15.3 Å². The standard InChI is InChI=1S/C17H19BrO2S/c1-19-12-7-8-14(20-2)13(10-12)17(18)16-9-11-5-3-4-6-15(11)21-16/h7-10,17H,3-6H2,1-2H3. The van der Waals surface area contributed by atoms with Crippen molar-refractivity contribution in [2.45, 2.75) is 30.5 Å². The van der Waals surface area contributed by atoms with E-state index in [0.29, 0.717) is 0 Å². The maximum absolute atomic E-state index is 5.51. The molecule has 2 aromatic rings. The predicted octanol–water partition coefficient (Wildman–Crippen LogP) is 5.13. The average molecular weight is 367 g/mol. The molecule has 2 nitrogen and oxygen atoms in total. The Morgan fingerprint density at radius 2 is 1.90 bits per heavy atom. The first-order valence-electron chi connectivity index (χ1n) is 7.20. The van der Waals surface area contributed by atoms with Crippen molar-refractivity contribution in [2.24, 2.45) is 0 Å². The molecule has 1 aliphatic rings. The van der Waals surface area contributed by atoms with E-state index in [4.69, 9.17) is 9.47 Å². The topological polar surface area (TPSA) is 18.5 Å². The van der Waals surface area contributed by atoms with E-state index in [-0.39, 0.29) is 4.83 Å². The molecule has 112 valence electrons. The molecule has 21 heavy (non-hydrogen) atoms. The van der Waals surface area contributed by atoms with Gasteiger partial charge in [0.25, 0.3) is 0 Å². The van der Waals surface area contributed by atoms with Gasteiger partial charge in [0.1, 0.15) is 11.5 Å². The Morgan fingerprint density at radius 3 is 2.62 bits per heavy atom. The maximum atomic E-state index is 5.51. The van der Waals surface area contributed by atoms with Crippen LogP contribution < -0.4 is 9.47 Å². The van der Waals surface area contributed by atoms with Gasteiger partial charge in [0.05, 0.1) is 19.0 Å². The second-order valence-corrected chi connectivity index (χ2v) is 7.36. The minimum Gasteiger partial charge on any atom is -0.497 e. The van der Waals surface area contributed by atoms with Gasteiger partial charge in [0.15, 0.2) is 0 Å². The highest BCUT2D eigenvalue weighted by molar-refractivity contribution is 9.09. The SMILES string of the molecule is COc1ccc(OC)c(C(Br)c2cc3c(s2)CCCC3)c1. The van der Waals surface area contributed by atoms with Crippen molar-refractivity contribution in [3.63, 3.8) is 0 Å². The second kappa shape index (κ2) is 6.41. The van der Waals surface area contributed by atoms with Gasteiger partial charge in [-0.2, -0.15) is 0 Å². The number of thiophene rings is 1. The molecule has 0 N–H and O–H groups in total. The zero-order valence-corrected chi connectivity index (χ0v) is 14.7. The average Bonchev–Trinajstić information content (AvgIpc) is 2.97. The van der Waals surface area contributed by atoms with Gasteiger partial charge in [-0.3, -0.25) is 0 Å². The molecule has 0 radical (unpaired) electrons. The van der Waals surface area contributed by atoms with Crippen LogP contribution in [0.1, 0.15) is 38.6 Å². The van der Waals surface area contributed by atoms with Crippen molar-refractivity contribution < 1.29 is 9.47 Å². The van der Waals surface area contributed by atoms with Crippen LogP contribution in [0.3, 0.4) is 0 Å². The van der Waals surface area contributed by atoms with E-state index < -0.39 is 0 Å². The lowest BCUT2D eigenvalue weighted by Gasteiger charge is -2.14. The van der Waals surface area contributed by atoms with E-state index in [9.17, 15) is 0 Å². The predicted molar refractivity (Wildman–Crippen MR) is 91.3 cm³/mol. The van der Waals surface area contributed by atoms with Crippen LogP contribution in [0, 0.1) is 0 Å². The number of fused-ring (bicyclic) bond motifs is 1. The lowest BCUT2D eigenvalue weighted by molar-refractivity contribution is 0.399. The molecule has 1 aliphatic carbocycles. The van der Waals surface area contributed by atoms with Crippen LogP contribution in [0.25, 0.3) is 0 Å². The highest BCUT2D eigenvalue weighted by Gasteiger charge is 2.21. The Bertz CT molecular complexity index is 612. The lowest BCUT2D eigenvalue weighted by atomic mass is 9.98. The zero-order chi connectivity index (χ0) is 14.8. The molecule has 0 saturated heterocycles. The summed E-state index contributed by atoms with van der Waals surface area (Å²) in [6.45, 7) is 0. The summed E-state index contributed by atoms with van der Waals surface area (Å²) in [5.41, 5.74) is 2.66. The van der Waals surface area contributed by atoms with Crippen molar-refractivity contribution in [1.82, 2.24) is 0 Å². The fraction of sp³-hybridized carbons (Fsp3) is 0.412. The maximum Gasteiger partial charge on any atom is 0.123 e. The van der Waals surface area contributed by atoms with Gasteiger partial charge >= 0.3 is 0 Å². The smallest absolute Gasteiger partial charge is 0.123 e. The Hall–Kier alpha value is -1.00. The van der Waals surface area contributed by atoms with Gasteiger partial charge in [0.2, 0.25) is 0 Å². The summed E-state index contributed by atoms with van der Waals surface area (Å²) in [6, 6.07) is 8.31. The van der Waals surface area contributed by atoms with E-state index in [1.165, 1.54) is 36.1 Å².